The molecular formula is C16H27BrN6O2. The van der Waals surface area contributed by atoms with E-state index in [-0.39, 0.29) is 5.60 Å². The molecule has 1 saturated heterocycles. The molecule has 0 unspecified atom stereocenters. The molecule has 0 amide bonds. The summed E-state index contributed by atoms with van der Waals surface area (Å²) in [7, 11) is 5.12. The normalized spacial score (nSPS) is 16.2. The van der Waals surface area contributed by atoms with Gasteiger partial charge < -0.3 is 24.6 Å². The summed E-state index contributed by atoms with van der Waals surface area (Å²) in [5.41, 5.74) is -0.237. The van der Waals surface area contributed by atoms with Crippen LogP contribution in [0.1, 0.15) is 13.8 Å². The molecule has 2 heterocycles. The number of rotatable bonds is 5. The molecule has 0 saturated carbocycles. The third-order valence-electron chi connectivity index (χ3n) is 4.19. The van der Waals surface area contributed by atoms with E-state index in [1.54, 1.807) is 27.5 Å². The van der Waals surface area contributed by atoms with E-state index in [4.69, 9.17) is 9.47 Å². The topological polar surface area (TPSA) is 75.1 Å². The maximum Gasteiger partial charge on any atom is 0.232 e. The van der Waals surface area contributed by atoms with Crippen molar-refractivity contribution in [2.75, 3.05) is 58.9 Å². The highest BCUT2D eigenvalue weighted by Crippen LogP contribution is 2.23. The fraction of sp³-hybridized carbons (Fsp3) is 0.688. The first kappa shape index (κ1) is 19.7. The lowest BCUT2D eigenvalue weighted by Crippen LogP contribution is -2.54. The van der Waals surface area contributed by atoms with Crippen molar-refractivity contribution in [3.63, 3.8) is 0 Å². The minimum absolute atomic E-state index is 0.237. The van der Waals surface area contributed by atoms with E-state index in [0.717, 1.165) is 36.6 Å². The van der Waals surface area contributed by atoms with Crippen LogP contribution in [0.2, 0.25) is 0 Å². The van der Waals surface area contributed by atoms with Crippen molar-refractivity contribution in [1.29, 1.82) is 0 Å². The monoisotopic (exact) mass is 414 g/mol. The molecule has 0 atom stereocenters. The van der Waals surface area contributed by atoms with Crippen molar-refractivity contribution >= 4 is 27.8 Å². The SMILES string of the molecule is CN=C(NCC(C)(C)OC)N1CCN(c2ncc(Br)c(OC)n2)CC1. The summed E-state index contributed by atoms with van der Waals surface area (Å²) < 4.78 is 11.5. The van der Waals surface area contributed by atoms with Crippen molar-refractivity contribution in [2.24, 2.45) is 4.99 Å². The van der Waals surface area contributed by atoms with Gasteiger partial charge in [-0.1, -0.05) is 0 Å². The molecule has 9 heteroatoms. The molecule has 1 N–H and O–H groups in total. The van der Waals surface area contributed by atoms with Crippen LogP contribution < -0.4 is 15.0 Å². The van der Waals surface area contributed by atoms with Gasteiger partial charge in [0.2, 0.25) is 11.8 Å². The van der Waals surface area contributed by atoms with Gasteiger partial charge in [-0.3, -0.25) is 4.99 Å². The Labute approximate surface area is 157 Å². The van der Waals surface area contributed by atoms with Gasteiger partial charge in [0.25, 0.3) is 0 Å². The molecule has 1 fully saturated rings. The van der Waals surface area contributed by atoms with E-state index in [0.29, 0.717) is 18.4 Å². The number of aromatic nitrogens is 2. The summed E-state index contributed by atoms with van der Waals surface area (Å²) in [6.07, 6.45) is 1.72. The van der Waals surface area contributed by atoms with Crippen LogP contribution in [0, 0.1) is 0 Å². The zero-order chi connectivity index (χ0) is 18.4. The number of halogens is 1. The van der Waals surface area contributed by atoms with E-state index in [1.807, 2.05) is 13.8 Å². The van der Waals surface area contributed by atoms with Gasteiger partial charge in [-0.2, -0.15) is 4.98 Å². The Bertz CT molecular complexity index is 602. The lowest BCUT2D eigenvalue weighted by atomic mass is 10.1. The maximum absolute atomic E-state index is 5.45. The van der Waals surface area contributed by atoms with Crippen LogP contribution in [0.3, 0.4) is 0 Å². The molecular weight excluding hydrogens is 388 g/mol. The van der Waals surface area contributed by atoms with Gasteiger partial charge in [-0.15, -0.1) is 0 Å². The van der Waals surface area contributed by atoms with Crippen LogP contribution >= 0.6 is 15.9 Å². The number of nitrogens with zero attached hydrogens (tertiary/aromatic N) is 5. The van der Waals surface area contributed by atoms with Gasteiger partial charge in [0.1, 0.15) is 0 Å². The van der Waals surface area contributed by atoms with Crippen molar-refractivity contribution in [3.8, 4) is 5.88 Å². The zero-order valence-electron chi connectivity index (χ0n) is 15.5. The lowest BCUT2D eigenvalue weighted by molar-refractivity contribution is 0.0263. The summed E-state index contributed by atoms with van der Waals surface area (Å²) in [6, 6.07) is 0. The minimum Gasteiger partial charge on any atom is -0.480 e. The Morgan fingerprint density at radius 3 is 2.56 bits per heavy atom. The second kappa shape index (κ2) is 8.66. The van der Waals surface area contributed by atoms with Crippen LogP contribution in [0.15, 0.2) is 15.7 Å². The zero-order valence-corrected chi connectivity index (χ0v) is 17.1. The number of ether oxygens (including phenoxy) is 2. The fourth-order valence-electron chi connectivity index (χ4n) is 2.45. The van der Waals surface area contributed by atoms with Gasteiger partial charge in [-0.25, -0.2) is 4.98 Å². The van der Waals surface area contributed by atoms with Crippen molar-refractivity contribution in [3.05, 3.63) is 10.7 Å². The second-order valence-electron chi connectivity index (χ2n) is 6.37. The van der Waals surface area contributed by atoms with Crippen molar-refractivity contribution in [1.82, 2.24) is 20.2 Å². The number of nitrogens with one attached hydrogen (secondary N) is 1. The van der Waals surface area contributed by atoms with Gasteiger partial charge in [0.05, 0.1) is 23.4 Å². The molecule has 140 valence electrons. The van der Waals surface area contributed by atoms with E-state index >= 15 is 0 Å². The number of hydrogen-bond acceptors (Lipinski definition) is 6. The largest absolute Gasteiger partial charge is 0.480 e. The Kier molecular flexibility index (Phi) is 6.83. The molecule has 1 aliphatic heterocycles. The molecule has 8 nitrogen and oxygen atoms in total. The Morgan fingerprint density at radius 2 is 2.00 bits per heavy atom. The maximum atomic E-state index is 5.45. The molecule has 0 radical (unpaired) electrons. The number of methoxy groups -OCH3 is 2. The Morgan fingerprint density at radius 1 is 1.32 bits per heavy atom. The third kappa shape index (κ3) is 5.18. The van der Waals surface area contributed by atoms with Gasteiger partial charge in [0.15, 0.2) is 5.96 Å². The average Bonchev–Trinajstić information content (AvgIpc) is 2.63. The second-order valence-corrected chi connectivity index (χ2v) is 7.22. The number of guanidine groups is 1. The molecule has 1 aromatic rings. The van der Waals surface area contributed by atoms with Crippen molar-refractivity contribution < 1.29 is 9.47 Å². The first-order valence-electron chi connectivity index (χ1n) is 8.22. The van der Waals surface area contributed by atoms with Crippen LogP contribution in [-0.2, 0) is 4.74 Å². The Hall–Kier alpha value is -1.61. The van der Waals surface area contributed by atoms with E-state index in [9.17, 15) is 0 Å². The van der Waals surface area contributed by atoms with Crippen LogP contribution in [0.5, 0.6) is 5.88 Å². The third-order valence-corrected chi connectivity index (χ3v) is 4.74. The molecule has 0 bridgehead atoms. The van der Waals surface area contributed by atoms with E-state index in [1.165, 1.54) is 0 Å². The summed E-state index contributed by atoms with van der Waals surface area (Å²) >= 11 is 3.38. The first-order valence-corrected chi connectivity index (χ1v) is 9.01. The number of aliphatic imine (C=N–C) groups is 1. The summed E-state index contributed by atoms with van der Waals surface area (Å²) in [6.45, 7) is 8.11. The van der Waals surface area contributed by atoms with Gasteiger partial charge >= 0.3 is 0 Å². The predicted octanol–water partition coefficient (Wildman–Crippen LogP) is 1.37. The van der Waals surface area contributed by atoms with E-state index < -0.39 is 0 Å². The minimum atomic E-state index is -0.237. The highest BCUT2D eigenvalue weighted by atomic mass is 79.9. The molecule has 1 aromatic heterocycles. The summed E-state index contributed by atoms with van der Waals surface area (Å²) in [5.74, 6) is 2.12. The highest BCUT2D eigenvalue weighted by molar-refractivity contribution is 9.10. The Balaban J connectivity index is 1.94. The predicted molar refractivity (Wildman–Crippen MR) is 103 cm³/mol. The summed E-state index contributed by atoms with van der Waals surface area (Å²) in [5, 5.41) is 3.39. The standard InChI is InChI=1S/C16H27BrN6O2/c1-16(2,25-5)11-20-14(18-3)22-6-8-23(9-7-22)15-19-10-12(17)13(21-15)24-4/h10H,6-9,11H2,1-5H3,(H,18,20). The molecule has 0 spiro atoms. The smallest absolute Gasteiger partial charge is 0.232 e. The number of hydrogen-bond donors (Lipinski definition) is 1. The van der Waals surface area contributed by atoms with Gasteiger partial charge in [-0.05, 0) is 29.8 Å². The molecule has 25 heavy (non-hydrogen) atoms. The van der Waals surface area contributed by atoms with Crippen LogP contribution in [0.4, 0.5) is 5.95 Å². The highest BCUT2D eigenvalue weighted by Gasteiger charge is 2.24. The van der Waals surface area contributed by atoms with Gasteiger partial charge in [0, 0.05) is 46.9 Å². The van der Waals surface area contributed by atoms with Crippen LogP contribution in [-0.4, -0.2) is 80.4 Å². The number of piperazine rings is 1. The molecule has 2 rings (SSSR count). The molecule has 0 aliphatic carbocycles. The first-order chi connectivity index (χ1) is 11.9. The molecule has 0 aromatic carbocycles. The fourth-order valence-corrected chi connectivity index (χ4v) is 2.81. The summed E-state index contributed by atoms with van der Waals surface area (Å²) in [4.78, 5) is 17.6. The lowest BCUT2D eigenvalue weighted by Gasteiger charge is -2.37. The quantitative estimate of drug-likeness (QED) is 0.575. The molecule has 1 aliphatic rings. The van der Waals surface area contributed by atoms with Crippen molar-refractivity contribution in [2.45, 2.75) is 19.4 Å². The number of anilines is 1. The van der Waals surface area contributed by atoms with E-state index in [2.05, 4.69) is 46.0 Å². The average molecular weight is 415 g/mol. The van der Waals surface area contributed by atoms with Crippen LogP contribution in [0.25, 0.3) is 0 Å².